The van der Waals surface area contributed by atoms with Crippen molar-refractivity contribution >= 4 is 22.6 Å². The molecule has 0 saturated heterocycles. The molecule has 4 aromatic rings. The molecule has 5 rings (SSSR count). The van der Waals surface area contributed by atoms with Gasteiger partial charge in [-0.15, -0.1) is 0 Å². The first kappa shape index (κ1) is 18.6. The number of benzene rings is 2. The summed E-state index contributed by atoms with van der Waals surface area (Å²) >= 11 is 0. The molecule has 5 nitrogen and oxygen atoms in total. The van der Waals surface area contributed by atoms with Crippen LogP contribution in [0.3, 0.4) is 0 Å². The van der Waals surface area contributed by atoms with E-state index in [1.165, 1.54) is 0 Å². The number of nitrogens with two attached hydrogens (primary N) is 1. The van der Waals surface area contributed by atoms with Gasteiger partial charge in [-0.1, -0.05) is 60.7 Å². The van der Waals surface area contributed by atoms with Gasteiger partial charge in [-0.25, -0.2) is 4.98 Å². The number of rotatable bonds is 3. The molecule has 1 aliphatic heterocycles. The van der Waals surface area contributed by atoms with Crippen LogP contribution < -0.4 is 5.73 Å². The van der Waals surface area contributed by atoms with Gasteiger partial charge in [0, 0.05) is 23.1 Å². The molecule has 2 N–H and O–H groups in total. The van der Waals surface area contributed by atoms with Crippen molar-refractivity contribution < 1.29 is 13.9 Å². The molecule has 3 heterocycles. The second-order valence-electron chi connectivity index (χ2n) is 8.23. The Morgan fingerprint density at radius 3 is 2.37 bits per heavy atom. The number of ether oxygens (including phenoxy) is 1. The van der Waals surface area contributed by atoms with E-state index < -0.39 is 0 Å². The summed E-state index contributed by atoms with van der Waals surface area (Å²) in [7, 11) is 0. The first-order valence-electron chi connectivity index (χ1n) is 9.97. The van der Waals surface area contributed by atoms with Crippen molar-refractivity contribution in [1.29, 1.82) is 0 Å². The largest absolute Gasteiger partial charge is 0.432 e. The number of carbonyl (C=O) groups is 1. The Kier molecular flexibility index (Phi) is 4.22. The first-order chi connectivity index (χ1) is 14.4. The molecule has 0 fully saturated rings. The van der Waals surface area contributed by atoms with Gasteiger partial charge in [-0.05, 0) is 19.4 Å². The monoisotopic (exact) mass is 398 g/mol. The Bertz CT molecular complexity index is 1260. The SMILES string of the molecule is CC1(C)Cc2c(c(-c3ccccc3)nc3oc(C(=O)c4ccccc4)c(N)c23)CO1. The highest BCUT2D eigenvalue weighted by atomic mass is 16.5. The third-order valence-corrected chi connectivity index (χ3v) is 5.59. The van der Waals surface area contributed by atoms with Crippen LogP contribution in [0.5, 0.6) is 0 Å². The normalized spacial score (nSPS) is 15.1. The molecule has 150 valence electrons. The van der Waals surface area contributed by atoms with Crippen LogP contribution in [0.25, 0.3) is 22.4 Å². The number of fused-ring (bicyclic) bond motifs is 3. The fraction of sp³-hybridized carbons (Fsp3) is 0.200. The van der Waals surface area contributed by atoms with E-state index in [1.54, 1.807) is 12.1 Å². The minimum atomic E-state index is -0.345. The average molecular weight is 398 g/mol. The Hall–Kier alpha value is -3.44. The van der Waals surface area contributed by atoms with Gasteiger partial charge in [0.15, 0.2) is 0 Å². The van der Waals surface area contributed by atoms with Crippen LogP contribution in [0, 0.1) is 0 Å². The van der Waals surface area contributed by atoms with E-state index in [2.05, 4.69) is 13.8 Å². The lowest BCUT2D eigenvalue weighted by atomic mass is 9.87. The molecule has 0 saturated carbocycles. The number of hydrogen-bond acceptors (Lipinski definition) is 5. The van der Waals surface area contributed by atoms with Gasteiger partial charge in [-0.2, -0.15) is 0 Å². The second kappa shape index (κ2) is 6.82. The van der Waals surface area contributed by atoms with E-state index in [-0.39, 0.29) is 17.1 Å². The number of nitrogens with zero attached hydrogens (tertiary/aromatic N) is 1. The highest BCUT2D eigenvalue weighted by molar-refractivity contribution is 6.14. The summed E-state index contributed by atoms with van der Waals surface area (Å²) in [5.74, 6) is -0.104. The molecular formula is C25H22N2O3. The van der Waals surface area contributed by atoms with Crippen molar-refractivity contribution in [3.63, 3.8) is 0 Å². The van der Waals surface area contributed by atoms with Crippen molar-refractivity contribution in [1.82, 2.24) is 4.98 Å². The van der Waals surface area contributed by atoms with Gasteiger partial charge in [-0.3, -0.25) is 4.79 Å². The molecule has 0 radical (unpaired) electrons. The summed E-state index contributed by atoms with van der Waals surface area (Å²) in [4.78, 5) is 17.8. The van der Waals surface area contributed by atoms with E-state index >= 15 is 0 Å². The van der Waals surface area contributed by atoms with Gasteiger partial charge in [0.05, 0.1) is 29.0 Å². The number of aromatic nitrogens is 1. The zero-order valence-electron chi connectivity index (χ0n) is 16.9. The summed E-state index contributed by atoms with van der Waals surface area (Å²) < 4.78 is 12.1. The number of anilines is 1. The van der Waals surface area contributed by atoms with Crippen LogP contribution in [0.15, 0.2) is 65.1 Å². The van der Waals surface area contributed by atoms with E-state index in [4.69, 9.17) is 19.9 Å². The van der Waals surface area contributed by atoms with Crippen LogP contribution in [-0.2, 0) is 17.8 Å². The highest BCUT2D eigenvalue weighted by Crippen LogP contribution is 2.41. The molecule has 0 aliphatic carbocycles. The van der Waals surface area contributed by atoms with Crippen LogP contribution in [0.4, 0.5) is 5.69 Å². The summed E-state index contributed by atoms with van der Waals surface area (Å²) in [5, 5.41) is 0.723. The zero-order chi connectivity index (χ0) is 20.9. The van der Waals surface area contributed by atoms with Crippen LogP contribution in [0.1, 0.15) is 41.1 Å². The third-order valence-electron chi connectivity index (χ3n) is 5.59. The number of ketones is 1. The molecule has 0 amide bonds. The minimum absolute atomic E-state index is 0.139. The first-order valence-corrected chi connectivity index (χ1v) is 9.97. The molecule has 0 atom stereocenters. The number of pyridine rings is 1. The Balaban J connectivity index is 1.77. The third kappa shape index (κ3) is 2.99. The summed E-state index contributed by atoms with van der Waals surface area (Å²) in [5.41, 5.74) is 11.2. The Morgan fingerprint density at radius 2 is 1.67 bits per heavy atom. The Morgan fingerprint density at radius 1 is 1.00 bits per heavy atom. The summed E-state index contributed by atoms with van der Waals surface area (Å²) in [6.45, 7) is 4.54. The number of hydrogen-bond donors (Lipinski definition) is 1. The predicted molar refractivity (Wildman–Crippen MR) is 116 cm³/mol. The van der Waals surface area contributed by atoms with Crippen LogP contribution in [0.2, 0.25) is 0 Å². The molecule has 0 unspecified atom stereocenters. The molecule has 5 heteroatoms. The zero-order valence-corrected chi connectivity index (χ0v) is 16.9. The van der Waals surface area contributed by atoms with Crippen molar-refractivity contribution in [3.8, 4) is 11.3 Å². The molecule has 1 aliphatic rings. The van der Waals surface area contributed by atoms with Crippen molar-refractivity contribution in [3.05, 3.63) is 83.1 Å². The smallest absolute Gasteiger partial charge is 0.230 e. The molecule has 2 aromatic heterocycles. The predicted octanol–water partition coefficient (Wildman–Crippen LogP) is 5.16. The Labute approximate surface area is 174 Å². The summed E-state index contributed by atoms with van der Waals surface area (Å²) in [6.07, 6.45) is 0.657. The van der Waals surface area contributed by atoms with Gasteiger partial charge in [0.1, 0.15) is 0 Å². The maximum Gasteiger partial charge on any atom is 0.230 e. The average Bonchev–Trinajstić information content (AvgIpc) is 3.09. The highest BCUT2D eigenvalue weighted by Gasteiger charge is 2.33. The van der Waals surface area contributed by atoms with Crippen molar-refractivity contribution in [2.24, 2.45) is 0 Å². The summed E-state index contributed by atoms with van der Waals surface area (Å²) in [6, 6.07) is 18.9. The fourth-order valence-corrected chi connectivity index (χ4v) is 4.08. The van der Waals surface area contributed by atoms with E-state index in [1.807, 2.05) is 48.5 Å². The maximum absolute atomic E-state index is 13.1. The lowest BCUT2D eigenvalue weighted by Crippen LogP contribution is -2.32. The van der Waals surface area contributed by atoms with E-state index in [0.29, 0.717) is 30.0 Å². The standard InChI is InChI=1S/C25H22N2O3/c1-25(2)13-17-18(14-29-25)21(15-9-5-3-6-10-15)27-24-19(17)20(26)23(30-24)22(28)16-11-7-4-8-12-16/h3-12H,13-14,26H2,1-2H3. The van der Waals surface area contributed by atoms with Gasteiger partial charge >= 0.3 is 0 Å². The molecule has 30 heavy (non-hydrogen) atoms. The van der Waals surface area contributed by atoms with Crippen LogP contribution >= 0.6 is 0 Å². The minimum Gasteiger partial charge on any atom is -0.432 e. The number of furan rings is 1. The molecule has 0 bridgehead atoms. The van der Waals surface area contributed by atoms with Crippen LogP contribution in [-0.4, -0.2) is 16.4 Å². The van der Waals surface area contributed by atoms with Gasteiger partial charge < -0.3 is 14.9 Å². The lowest BCUT2D eigenvalue weighted by molar-refractivity contribution is -0.0395. The second-order valence-corrected chi connectivity index (χ2v) is 8.23. The van der Waals surface area contributed by atoms with E-state index in [0.717, 1.165) is 27.8 Å². The molecule has 0 spiro atoms. The van der Waals surface area contributed by atoms with E-state index in [9.17, 15) is 4.79 Å². The van der Waals surface area contributed by atoms with Crippen molar-refractivity contribution in [2.75, 3.05) is 5.73 Å². The number of nitrogen functional groups attached to an aromatic ring is 1. The fourth-order valence-electron chi connectivity index (χ4n) is 4.08. The number of carbonyl (C=O) groups excluding carboxylic acids is 1. The molecular weight excluding hydrogens is 376 g/mol. The van der Waals surface area contributed by atoms with Crippen molar-refractivity contribution in [2.45, 2.75) is 32.5 Å². The lowest BCUT2D eigenvalue weighted by Gasteiger charge is -2.33. The van der Waals surface area contributed by atoms with Gasteiger partial charge in [0.2, 0.25) is 17.3 Å². The quantitative estimate of drug-likeness (QED) is 0.482. The topological polar surface area (TPSA) is 78.4 Å². The van der Waals surface area contributed by atoms with Gasteiger partial charge in [0.25, 0.3) is 0 Å². The maximum atomic E-state index is 13.1. The molecule has 2 aromatic carbocycles.